The maximum Gasteiger partial charge on any atom is 0.324 e. The fourth-order valence-electron chi connectivity index (χ4n) is 11.5. The number of esters is 1. The van der Waals surface area contributed by atoms with Gasteiger partial charge in [-0.15, -0.1) is 0 Å². The van der Waals surface area contributed by atoms with E-state index in [1.165, 1.54) is 16.0 Å². The number of aryl methyl sites for hydroxylation is 1. The molecule has 0 aliphatic carbocycles. The molecular weight excluding hydrogens is 903 g/mol. The number of carbonyl (C=O) groups is 5. The maximum absolute atomic E-state index is 14.8. The van der Waals surface area contributed by atoms with Gasteiger partial charge in [0.05, 0.1) is 36.2 Å². The Labute approximate surface area is 418 Å². The summed E-state index contributed by atoms with van der Waals surface area (Å²) in [4.78, 5) is 82.3. The molecule has 3 saturated heterocycles. The summed E-state index contributed by atoms with van der Waals surface area (Å²) in [5, 5.41) is 5.71. The third-order valence-corrected chi connectivity index (χ3v) is 15.3. The number of cyclic esters (lactones) is 1. The number of hydrazine groups is 1. The highest BCUT2D eigenvalue weighted by molar-refractivity contribution is 5.95. The Morgan fingerprint density at radius 3 is 2.56 bits per heavy atom. The maximum atomic E-state index is 14.8. The molecule has 1 aromatic carbocycles. The summed E-state index contributed by atoms with van der Waals surface area (Å²) in [6.45, 7) is 21.5. The number of nitrogens with one attached hydrogen (secondary N) is 2. The molecule has 2 aromatic heterocycles. The lowest BCUT2D eigenvalue weighted by Gasteiger charge is -2.41. The number of urea groups is 1. The van der Waals surface area contributed by atoms with E-state index < -0.39 is 47.2 Å². The molecule has 5 aliphatic rings. The number of amides is 5. The largest absolute Gasteiger partial charge is 0.464 e. The van der Waals surface area contributed by atoms with Crippen molar-refractivity contribution >= 4 is 46.2 Å². The van der Waals surface area contributed by atoms with Gasteiger partial charge in [0.25, 0.3) is 5.91 Å². The smallest absolute Gasteiger partial charge is 0.324 e. The van der Waals surface area contributed by atoms with Crippen molar-refractivity contribution in [1.29, 1.82) is 0 Å². The Hall–Kier alpha value is -5.62. The van der Waals surface area contributed by atoms with Crippen LogP contribution in [0.3, 0.4) is 0 Å². The number of likely N-dealkylation sites (tertiary alicyclic amines) is 1. The molecule has 0 radical (unpaired) electrons. The van der Waals surface area contributed by atoms with Crippen LogP contribution in [0.25, 0.3) is 27.7 Å². The molecule has 1 spiro atoms. The molecule has 3 fully saturated rings. The van der Waals surface area contributed by atoms with E-state index >= 15 is 0 Å². The van der Waals surface area contributed by atoms with Crippen LogP contribution < -0.4 is 10.7 Å². The first kappa shape index (κ1) is 51.7. The van der Waals surface area contributed by atoms with Crippen LogP contribution in [-0.4, -0.2) is 160 Å². The predicted molar refractivity (Wildman–Crippen MR) is 271 cm³/mol. The second-order valence-corrected chi connectivity index (χ2v) is 21.3. The van der Waals surface area contributed by atoms with Crippen molar-refractivity contribution in [3.05, 3.63) is 72.1 Å². The summed E-state index contributed by atoms with van der Waals surface area (Å²) in [6.07, 6.45) is 8.19. The monoisotopic (exact) mass is 978 g/mol. The highest BCUT2D eigenvalue weighted by atomic mass is 16.5. The van der Waals surface area contributed by atoms with Crippen molar-refractivity contribution in [3.63, 3.8) is 0 Å². The molecule has 5 amide bonds. The quantitative estimate of drug-likeness (QED) is 0.193. The van der Waals surface area contributed by atoms with Gasteiger partial charge < -0.3 is 38.8 Å². The van der Waals surface area contributed by atoms with Gasteiger partial charge in [0.2, 0.25) is 11.8 Å². The Morgan fingerprint density at radius 2 is 1.86 bits per heavy atom. The van der Waals surface area contributed by atoms with Crippen molar-refractivity contribution in [2.75, 3.05) is 66.6 Å². The van der Waals surface area contributed by atoms with E-state index in [0.29, 0.717) is 77.9 Å². The number of fused-ring (bicyclic) bond motifs is 6. The van der Waals surface area contributed by atoms with Gasteiger partial charge in [-0.05, 0) is 112 Å². The van der Waals surface area contributed by atoms with Crippen LogP contribution in [0.4, 0.5) is 4.79 Å². The summed E-state index contributed by atoms with van der Waals surface area (Å²) in [6, 6.07) is 7.76. The lowest BCUT2D eigenvalue weighted by atomic mass is 9.84. The molecule has 71 heavy (non-hydrogen) atoms. The standard InChI is InChI=1S/C54H75N9O8/c1-11-45(64)62-32-54(71-36(62)6)21-26-60(27-22-54)52(68)58(9)47(34(3)4)49(65)56-43-31-59-24-14-16-38(30-59)37-19-20-44-40(28-37)41(48(61(44)12-2)39-17-13-23-55-46(39)35(5)69-10)29-53(7,8)33-70-51(67)42-18-15-25-63(57-42)50(43)66/h11,13,16-17,19-20,23,28,34-36,42-43,47,57H,1,12,14-15,18,21-22,24-27,29-33H2,2-10H3,(H,56,65)/t35-,36+,42-,43-,47-/m0/s1. The highest BCUT2D eigenvalue weighted by Crippen LogP contribution is 2.42. The van der Waals surface area contributed by atoms with Gasteiger partial charge in [0, 0.05) is 88.0 Å². The van der Waals surface area contributed by atoms with E-state index in [1.54, 1.807) is 30.2 Å². The number of hydrogen-bond acceptors (Lipinski definition) is 11. The Bertz CT molecular complexity index is 2550. The summed E-state index contributed by atoms with van der Waals surface area (Å²) in [7, 11) is 3.34. The topological polar surface area (TPSA) is 171 Å². The number of ether oxygens (including phenoxy) is 3. The molecule has 0 saturated carbocycles. The number of nitrogens with zero attached hydrogens (tertiary/aromatic N) is 7. The van der Waals surface area contributed by atoms with E-state index in [2.05, 4.69) is 77.9 Å². The number of hydrogen-bond donors (Lipinski definition) is 2. The highest BCUT2D eigenvalue weighted by Gasteiger charge is 2.48. The zero-order valence-electron chi connectivity index (χ0n) is 43.3. The van der Waals surface area contributed by atoms with Gasteiger partial charge in [0.1, 0.15) is 24.4 Å². The number of rotatable bonds is 9. The molecular formula is C54H75N9O8. The van der Waals surface area contributed by atoms with Crippen LogP contribution >= 0.6 is 0 Å². The SMILES string of the molecule is C=CC(=O)N1CC2(CCN(C(=O)N(C)[C@H](C(=O)N[C@H]3CN4CCC=C(C4)c4ccc5c(c4)c(c(-c4cccnc4[C@H](C)OC)n5CC)CC(C)(C)COC(=O)[C@@H]4CCCN(N4)C3=O)C(C)C)CC2)O[C@@H]1C. The van der Waals surface area contributed by atoms with E-state index in [9.17, 15) is 24.0 Å². The average Bonchev–Trinajstić information content (AvgIpc) is 3.85. The van der Waals surface area contributed by atoms with E-state index in [4.69, 9.17) is 19.2 Å². The first-order chi connectivity index (χ1) is 33.9. The molecule has 6 atom stereocenters. The van der Waals surface area contributed by atoms with E-state index in [1.807, 2.05) is 33.8 Å². The van der Waals surface area contributed by atoms with Gasteiger partial charge >= 0.3 is 12.0 Å². The Kier molecular flexibility index (Phi) is 15.5. The number of aromatic nitrogens is 2. The third kappa shape index (κ3) is 10.6. The number of piperidine rings is 1. The summed E-state index contributed by atoms with van der Waals surface area (Å²) in [5.41, 5.74) is 9.49. The van der Waals surface area contributed by atoms with Crippen molar-refractivity contribution in [3.8, 4) is 11.3 Å². The van der Waals surface area contributed by atoms with Gasteiger partial charge in [-0.1, -0.05) is 46.4 Å². The second kappa shape index (κ2) is 21.2. The molecule has 6 bridgehead atoms. The number of likely N-dealkylation sites (N-methyl/N-ethyl adjacent to an activating group) is 1. The minimum absolute atomic E-state index is 0.145. The van der Waals surface area contributed by atoms with Crippen LogP contribution in [0.15, 0.2) is 55.3 Å². The van der Waals surface area contributed by atoms with Crippen molar-refractivity contribution < 1.29 is 38.2 Å². The summed E-state index contributed by atoms with van der Waals surface area (Å²) < 4.78 is 20.7. The Balaban J connectivity index is 1.09. The molecule has 8 rings (SSSR count). The lowest BCUT2D eigenvalue weighted by Crippen LogP contribution is -2.64. The summed E-state index contributed by atoms with van der Waals surface area (Å²) in [5.74, 6) is -1.73. The second-order valence-electron chi connectivity index (χ2n) is 21.3. The van der Waals surface area contributed by atoms with Crippen LogP contribution in [0.5, 0.6) is 0 Å². The van der Waals surface area contributed by atoms with E-state index in [0.717, 1.165) is 51.0 Å². The minimum atomic E-state index is -1.01. The molecule has 1 unspecified atom stereocenters. The molecule has 2 N–H and O–H groups in total. The number of carbonyl (C=O) groups excluding carboxylic acids is 5. The van der Waals surface area contributed by atoms with Gasteiger partial charge in [-0.3, -0.25) is 34.1 Å². The zero-order valence-corrected chi connectivity index (χ0v) is 43.3. The molecule has 384 valence electrons. The van der Waals surface area contributed by atoms with Crippen molar-refractivity contribution in [2.45, 2.75) is 130 Å². The zero-order chi connectivity index (χ0) is 50.9. The predicted octanol–water partition coefficient (Wildman–Crippen LogP) is 5.93. The van der Waals surface area contributed by atoms with Crippen LogP contribution in [0.1, 0.15) is 103 Å². The lowest BCUT2D eigenvalue weighted by molar-refractivity contribution is -0.155. The van der Waals surface area contributed by atoms with Gasteiger partial charge in [-0.2, -0.15) is 0 Å². The van der Waals surface area contributed by atoms with Crippen molar-refractivity contribution in [2.24, 2.45) is 11.3 Å². The molecule has 17 heteroatoms. The van der Waals surface area contributed by atoms with Crippen molar-refractivity contribution in [1.82, 2.24) is 44.9 Å². The molecule has 5 aliphatic heterocycles. The first-order valence-corrected chi connectivity index (χ1v) is 25.6. The normalized spacial score (nSPS) is 24.5. The Morgan fingerprint density at radius 1 is 1.10 bits per heavy atom. The number of methoxy groups -OCH3 is 1. The minimum Gasteiger partial charge on any atom is -0.464 e. The van der Waals surface area contributed by atoms with Gasteiger partial charge in [-0.25, -0.2) is 10.2 Å². The third-order valence-electron chi connectivity index (χ3n) is 15.3. The molecule has 3 aromatic rings. The van der Waals surface area contributed by atoms with E-state index in [-0.39, 0.29) is 43.0 Å². The van der Waals surface area contributed by atoms with Gasteiger partial charge in [0.15, 0.2) is 0 Å². The fraction of sp³-hybridized carbons (Fsp3) is 0.593. The fourth-order valence-corrected chi connectivity index (χ4v) is 11.5. The van der Waals surface area contributed by atoms with Crippen LogP contribution in [0, 0.1) is 11.3 Å². The summed E-state index contributed by atoms with van der Waals surface area (Å²) >= 11 is 0. The average molecular weight is 978 g/mol. The van der Waals surface area contributed by atoms with Crippen LogP contribution in [0.2, 0.25) is 0 Å². The molecule has 7 heterocycles. The molecule has 17 nitrogen and oxygen atoms in total. The first-order valence-electron chi connectivity index (χ1n) is 25.6. The number of benzene rings is 1. The number of pyridine rings is 1. The van der Waals surface area contributed by atoms with Crippen LogP contribution in [-0.2, 0) is 46.4 Å².